The molecule has 0 fully saturated rings. The predicted molar refractivity (Wildman–Crippen MR) is 74.9 cm³/mol. The molecule has 0 spiro atoms. The number of fused-ring (bicyclic) bond motifs is 3. The second-order valence-corrected chi connectivity index (χ2v) is 6.45. The maximum absolute atomic E-state index is 4.40. The first-order chi connectivity index (χ1) is 8.63. The summed E-state index contributed by atoms with van der Waals surface area (Å²) in [4.78, 5) is 0. The average molecular weight is 259 g/mol. The minimum Gasteiger partial charge on any atom is -0.296 e. The van der Waals surface area contributed by atoms with Crippen molar-refractivity contribution in [3.05, 3.63) is 29.8 Å². The van der Waals surface area contributed by atoms with Gasteiger partial charge in [0.25, 0.3) is 0 Å². The molecule has 0 unspecified atom stereocenters. The van der Waals surface area contributed by atoms with Gasteiger partial charge in [-0.15, -0.1) is 10.2 Å². The number of nitrogens with zero attached hydrogens (tertiary/aromatic N) is 3. The van der Waals surface area contributed by atoms with E-state index in [2.05, 4.69) is 59.8 Å². The molecule has 0 saturated heterocycles. The molecule has 0 amide bonds. The van der Waals surface area contributed by atoms with Crippen LogP contribution in [0.3, 0.4) is 0 Å². The fourth-order valence-corrected chi connectivity index (χ4v) is 3.47. The van der Waals surface area contributed by atoms with Crippen LogP contribution in [0.1, 0.15) is 26.3 Å². The molecule has 0 atom stereocenters. The van der Waals surface area contributed by atoms with Gasteiger partial charge >= 0.3 is 0 Å². The fourth-order valence-electron chi connectivity index (χ4n) is 2.65. The van der Waals surface area contributed by atoms with Crippen LogP contribution in [0.5, 0.6) is 0 Å². The Morgan fingerprint density at radius 2 is 2.06 bits per heavy atom. The van der Waals surface area contributed by atoms with Gasteiger partial charge in [-0.25, -0.2) is 0 Å². The Hall–Kier alpha value is -1.29. The molecule has 0 radical (unpaired) electrons. The summed E-state index contributed by atoms with van der Waals surface area (Å²) >= 11 is 1.76. The summed E-state index contributed by atoms with van der Waals surface area (Å²) in [6.07, 6.45) is 1.03. The van der Waals surface area contributed by atoms with E-state index in [1.54, 1.807) is 11.8 Å². The van der Waals surface area contributed by atoms with Crippen molar-refractivity contribution in [3.8, 4) is 11.4 Å². The minimum atomic E-state index is 0.0463. The van der Waals surface area contributed by atoms with Gasteiger partial charge in [0.2, 0.25) is 0 Å². The monoisotopic (exact) mass is 259 g/mol. The van der Waals surface area contributed by atoms with Crippen molar-refractivity contribution in [2.45, 2.75) is 37.9 Å². The topological polar surface area (TPSA) is 30.7 Å². The van der Waals surface area contributed by atoms with Gasteiger partial charge in [-0.3, -0.25) is 4.57 Å². The van der Waals surface area contributed by atoms with Gasteiger partial charge < -0.3 is 0 Å². The summed E-state index contributed by atoms with van der Waals surface area (Å²) in [7, 11) is 0. The molecular weight excluding hydrogens is 242 g/mol. The lowest BCUT2D eigenvalue weighted by Crippen LogP contribution is -2.33. The third-order valence-electron chi connectivity index (χ3n) is 3.39. The Labute approximate surface area is 112 Å². The molecule has 0 aliphatic carbocycles. The van der Waals surface area contributed by atoms with Crippen molar-refractivity contribution >= 4 is 11.8 Å². The van der Waals surface area contributed by atoms with Crippen molar-refractivity contribution in [3.63, 3.8) is 0 Å². The largest absolute Gasteiger partial charge is 0.296 e. The summed E-state index contributed by atoms with van der Waals surface area (Å²) in [5.74, 6) is 2.04. The number of benzene rings is 1. The van der Waals surface area contributed by atoms with Crippen molar-refractivity contribution in [1.82, 2.24) is 14.8 Å². The zero-order valence-corrected chi connectivity index (χ0v) is 11.8. The Morgan fingerprint density at radius 3 is 2.83 bits per heavy atom. The SMILES string of the molecule is CCSc1nnc2n1C(C)(C)Cc1ccccc1-2. The first-order valence-corrected chi connectivity index (χ1v) is 7.29. The molecule has 0 saturated carbocycles. The van der Waals surface area contributed by atoms with E-state index in [0.29, 0.717) is 0 Å². The zero-order valence-electron chi connectivity index (χ0n) is 11.0. The predicted octanol–water partition coefficient (Wildman–Crippen LogP) is 3.35. The van der Waals surface area contributed by atoms with Crippen LogP contribution in [0.2, 0.25) is 0 Å². The van der Waals surface area contributed by atoms with E-state index in [1.807, 2.05) is 0 Å². The lowest BCUT2D eigenvalue weighted by molar-refractivity contribution is 0.323. The standard InChI is InChI=1S/C14H17N3S/c1-4-18-13-16-15-12-11-8-6-5-7-10(11)9-14(2,3)17(12)13/h5-8H,4,9H2,1-3H3. The number of thioether (sulfide) groups is 1. The second kappa shape index (κ2) is 4.12. The van der Waals surface area contributed by atoms with Crippen molar-refractivity contribution in [1.29, 1.82) is 0 Å². The maximum Gasteiger partial charge on any atom is 0.192 e. The van der Waals surface area contributed by atoms with Crippen LogP contribution in [-0.4, -0.2) is 20.5 Å². The van der Waals surface area contributed by atoms with Crippen LogP contribution in [0, 0.1) is 0 Å². The molecule has 3 nitrogen and oxygen atoms in total. The van der Waals surface area contributed by atoms with E-state index in [1.165, 1.54) is 11.1 Å². The maximum atomic E-state index is 4.40. The van der Waals surface area contributed by atoms with Gasteiger partial charge in [-0.2, -0.15) is 0 Å². The molecule has 2 heterocycles. The molecule has 0 bridgehead atoms. The normalized spacial score (nSPS) is 16.2. The van der Waals surface area contributed by atoms with Gasteiger partial charge in [0.05, 0.1) is 0 Å². The summed E-state index contributed by atoms with van der Waals surface area (Å²) in [5.41, 5.74) is 2.65. The highest BCUT2D eigenvalue weighted by Gasteiger charge is 2.33. The first-order valence-electron chi connectivity index (χ1n) is 6.30. The van der Waals surface area contributed by atoms with Gasteiger partial charge in [0.1, 0.15) is 0 Å². The smallest absolute Gasteiger partial charge is 0.192 e. The van der Waals surface area contributed by atoms with E-state index in [4.69, 9.17) is 0 Å². The molecule has 18 heavy (non-hydrogen) atoms. The Bertz CT molecular complexity index is 586. The van der Waals surface area contributed by atoms with E-state index < -0.39 is 0 Å². The third kappa shape index (κ3) is 1.67. The third-order valence-corrected chi connectivity index (χ3v) is 4.20. The number of rotatable bonds is 2. The lowest BCUT2D eigenvalue weighted by Gasteiger charge is -2.34. The molecule has 4 heteroatoms. The highest BCUT2D eigenvalue weighted by atomic mass is 32.2. The highest BCUT2D eigenvalue weighted by molar-refractivity contribution is 7.99. The molecular formula is C14H17N3S. The summed E-state index contributed by atoms with van der Waals surface area (Å²) < 4.78 is 2.30. The van der Waals surface area contributed by atoms with E-state index >= 15 is 0 Å². The molecule has 3 rings (SSSR count). The first kappa shape index (κ1) is 11.8. The average Bonchev–Trinajstić information content (AvgIpc) is 2.74. The molecule has 1 aromatic carbocycles. The van der Waals surface area contributed by atoms with Gasteiger partial charge in [-0.1, -0.05) is 43.0 Å². The molecule has 1 aromatic heterocycles. The van der Waals surface area contributed by atoms with Gasteiger partial charge in [0.15, 0.2) is 11.0 Å². The summed E-state index contributed by atoms with van der Waals surface area (Å²) in [6, 6.07) is 8.51. The molecule has 0 N–H and O–H groups in total. The fraction of sp³-hybridized carbons (Fsp3) is 0.429. The number of hydrogen-bond acceptors (Lipinski definition) is 3. The Morgan fingerprint density at radius 1 is 1.28 bits per heavy atom. The van der Waals surface area contributed by atoms with Gasteiger partial charge in [-0.05, 0) is 31.6 Å². The number of aromatic nitrogens is 3. The molecule has 1 aliphatic heterocycles. The second-order valence-electron chi connectivity index (χ2n) is 5.22. The molecule has 2 aromatic rings. The van der Waals surface area contributed by atoms with Crippen LogP contribution in [0.4, 0.5) is 0 Å². The van der Waals surface area contributed by atoms with E-state index in [-0.39, 0.29) is 5.54 Å². The van der Waals surface area contributed by atoms with Crippen molar-refractivity contribution in [2.24, 2.45) is 0 Å². The lowest BCUT2D eigenvalue weighted by atomic mass is 9.87. The number of hydrogen-bond donors (Lipinski definition) is 0. The highest BCUT2D eigenvalue weighted by Crippen LogP contribution is 2.39. The van der Waals surface area contributed by atoms with E-state index in [9.17, 15) is 0 Å². The van der Waals surface area contributed by atoms with Crippen molar-refractivity contribution in [2.75, 3.05) is 5.75 Å². The van der Waals surface area contributed by atoms with Crippen LogP contribution in [-0.2, 0) is 12.0 Å². The van der Waals surface area contributed by atoms with Crippen LogP contribution in [0.15, 0.2) is 29.4 Å². The quantitative estimate of drug-likeness (QED) is 0.775. The van der Waals surface area contributed by atoms with E-state index in [0.717, 1.165) is 23.2 Å². The molecule has 1 aliphatic rings. The molecule has 94 valence electrons. The van der Waals surface area contributed by atoms with Crippen molar-refractivity contribution < 1.29 is 0 Å². The minimum absolute atomic E-state index is 0.0463. The van der Waals surface area contributed by atoms with Crippen LogP contribution < -0.4 is 0 Å². The Balaban J connectivity index is 2.23. The van der Waals surface area contributed by atoms with Crippen LogP contribution in [0.25, 0.3) is 11.4 Å². The zero-order chi connectivity index (χ0) is 12.8. The summed E-state index contributed by atoms with van der Waals surface area (Å²) in [5, 5.41) is 9.80. The summed E-state index contributed by atoms with van der Waals surface area (Å²) in [6.45, 7) is 6.67. The van der Waals surface area contributed by atoms with Gasteiger partial charge in [0, 0.05) is 11.1 Å². The Kier molecular flexibility index (Phi) is 2.70. The van der Waals surface area contributed by atoms with Crippen LogP contribution >= 0.6 is 11.8 Å².